The lowest BCUT2D eigenvalue weighted by molar-refractivity contribution is 0.0963. The summed E-state index contributed by atoms with van der Waals surface area (Å²) < 4.78 is 5.36. The predicted molar refractivity (Wildman–Crippen MR) is 113 cm³/mol. The molecule has 0 aliphatic heterocycles. The minimum Gasteiger partial charge on any atom is -0.469 e. The monoisotopic (exact) mass is 388 g/mol. The van der Waals surface area contributed by atoms with E-state index < -0.39 is 0 Å². The van der Waals surface area contributed by atoms with Crippen LogP contribution in [0.4, 0.5) is 0 Å². The maximum Gasteiger partial charge on any atom is 0.251 e. The third kappa shape index (κ3) is 7.78. The second kappa shape index (κ2) is 12.1. The third-order valence-electron chi connectivity index (χ3n) is 3.93. The van der Waals surface area contributed by atoms with E-state index in [4.69, 9.17) is 4.42 Å². The molecule has 27 heavy (non-hydrogen) atoms. The summed E-state index contributed by atoms with van der Waals surface area (Å²) >= 11 is 1.78. The number of rotatable bonds is 10. The molecule has 0 radical (unpaired) electrons. The number of carbonyl (C=O) groups excluding carboxylic acids is 1. The van der Waals surface area contributed by atoms with Crippen molar-refractivity contribution >= 4 is 23.6 Å². The van der Waals surface area contributed by atoms with Crippen molar-refractivity contribution in [3.63, 3.8) is 0 Å². The van der Waals surface area contributed by atoms with Gasteiger partial charge >= 0.3 is 0 Å². The van der Waals surface area contributed by atoms with Crippen LogP contribution in [-0.2, 0) is 12.8 Å². The van der Waals surface area contributed by atoms with Gasteiger partial charge in [-0.3, -0.25) is 9.79 Å². The van der Waals surface area contributed by atoms with Gasteiger partial charge in [0.1, 0.15) is 5.76 Å². The highest BCUT2D eigenvalue weighted by molar-refractivity contribution is 7.98. The first kappa shape index (κ1) is 20.9. The van der Waals surface area contributed by atoms with Crippen LogP contribution in [0.25, 0.3) is 0 Å². The molecule has 7 heteroatoms. The van der Waals surface area contributed by atoms with Gasteiger partial charge in [0, 0.05) is 37.9 Å². The van der Waals surface area contributed by atoms with Gasteiger partial charge in [0.05, 0.1) is 12.8 Å². The molecule has 1 aromatic heterocycles. The number of nitrogens with zero attached hydrogens (tertiary/aromatic N) is 1. The maximum atomic E-state index is 11.7. The smallest absolute Gasteiger partial charge is 0.251 e. The van der Waals surface area contributed by atoms with Crippen molar-refractivity contribution in [3.05, 3.63) is 59.5 Å². The second-order valence-electron chi connectivity index (χ2n) is 5.94. The standard InChI is InChI=1S/C20H28N4O2S/c1-21-19(25)17-6-3-5-16(15-17)8-10-22-20(24-12-14-27-2)23-11-9-18-7-4-13-26-18/h3-7,13,15H,8-12,14H2,1-2H3,(H,21,25)(H2,22,23,24). The zero-order valence-corrected chi connectivity index (χ0v) is 16.8. The van der Waals surface area contributed by atoms with Gasteiger partial charge in [0.15, 0.2) is 5.96 Å². The summed E-state index contributed by atoms with van der Waals surface area (Å²) in [5.74, 6) is 2.68. The van der Waals surface area contributed by atoms with E-state index in [2.05, 4.69) is 27.2 Å². The molecule has 0 atom stereocenters. The fraction of sp³-hybridized carbons (Fsp3) is 0.400. The lowest BCUT2D eigenvalue weighted by atomic mass is 10.1. The molecular formula is C20H28N4O2S. The van der Waals surface area contributed by atoms with Crippen molar-refractivity contribution in [3.8, 4) is 0 Å². The van der Waals surface area contributed by atoms with E-state index in [1.54, 1.807) is 25.1 Å². The van der Waals surface area contributed by atoms with Crippen molar-refractivity contribution in [2.24, 2.45) is 4.99 Å². The predicted octanol–water partition coefficient (Wildman–Crippen LogP) is 2.32. The number of guanidine groups is 1. The fourth-order valence-corrected chi connectivity index (χ4v) is 2.79. The van der Waals surface area contributed by atoms with Crippen molar-refractivity contribution in [1.29, 1.82) is 0 Å². The number of amides is 1. The lowest BCUT2D eigenvalue weighted by Crippen LogP contribution is -2.39. The molecule has 0 bridgehead atoms. The molecule has 0 saturated heterocycles. The molecule has 146 valence electrons. The van der Waals surface area contributed by atoms with Gasteiger partial charge in [-0.05, 0) is 42.5 Å². The number of carbonyl (C=O) groups is 1. The Morgan fingerprint density at radius 3 is 2.67 bits per heavy atom. The van der Waals surface area contributed by atoms with E-state index in [-0.39, 0.29) is 5.91 Å². The van der Waals surface area contributed by atoms with Crippen LogP contribution in [0.1, 0.15) is 21.7 Å². The molecule has 0 spiro atoms. The fourth-order valence-electron chi connectivity index (χ4n) is 2.52. The van der Waals surface area contributed by atoms with Crippen molar-refractivity contribution in [1.82, 2.24) is 16.0 Å². The lowest BCUT2D eigenvalue weighted by Gasteiger charge is -2.12. The average Bonchev–Trinajstić information content (AvgIpc) is 3.21. The maximum absolute atomic E-state index is 11.7. The zero-order valence-electron chi connectivity index (χ0n) is 16.0. The highest BCUT2D eigenvalue weighted by atomic mass is 32.2. The molecular weight excluding hydrogens is 360 g/mol. The van der Waals surface area contributed by atoms with Gasteiger partial charge in [-0.25, -0.2) is 0 Å². The van der Waals surface area contributed by atoms with Crippen LogP contribution in [0.5, 0.6) is 0 Å². The van der Waals surface area contributed by atoms with E-state index in [1.807, 2.05) is 36.4 Å². The quantitative estimate of drug-likeness (QED) is 0.331. The van der Waals surface area contributed by atoms with Crippen molar-refractivity contribution in [2.75, 3.05) is 38.7 Å². The highest BCUT2D eigenvalue weighted by Crippen LogP contribution is 2.06. The van der Waals surface area contributed by atoms with E-state index in [0.29, 0.717) is 5.56 Å². The summed E-state index contributed by atoms with van der Waals surface area (Å²) in [4.78, 5) is 16.3. The first-order valence-corrected chi connectivity index (χ1v) is 10.5. The van der Waals surface area contributed by atoms with Crippen LogP contribution in [-0.4, -0.2) is 50.6 Å². The highest BCUT2D eigenvalue weighted by Gasteiger charge is 2.04. The summed E-state index contributed by atoms with van der Waals surface area (Å²) in [5.41, 5.74) is 1.79. The number of thioether (sulfide) groups is 1. The van der Waals surface area contributed by atoms with Crippen LogP contribution < -0.4 is 16.0 Å². The van der Waals surface area contributed by atoms with E-state index in [1.165, 1.54) is 0 Å². The summed E-state index contributed by atoms with van der Waals surface area (Å²) in [7, 11) is 1.64. The molecule has 0 aliphatic carbocycles. The number of aliphatic imine (C=N–C) groups is 1. The minimum atomic E-state index is -0.0660. The summed E-state index contributed by atoms with van der Waals surface area (Å²) in [6.07, 6.45) is 5.39. The van der Waals surface area contributed by atoms with Crippen LogP contribution in [0, 0.1) is 0 Å². The third-order valence-corrected chi connectivity index (χ3v) is 4.52. The molecule has 0 aliphatic rings. The van der Waals surface area contributed by atoms with Crippen molar-refractivity contribution < 1.29 is 9.21 Å². The van der Waals surface area contributed by atoms with Gasteiger partial charge in [-0.1, -0.05) is 12.1 Å². The number of hydrogen-bond donors (Lipinski definition) is 3. The second-order valence-corrected chi connectivity index (χ2v) is 6.92. The summed E-state index contributed by atoms with van der Waals surface area (Å²) in [6, 6.07) is 11.6. The van der Waals surface area contributed by atoms with E-state index in [9.17, 15) is 4.79 Å². The molecule has 0 fully saturated rings. The van der Waals surface area contributed by atoms with Crippen LogP contribution >= 0.6 is 11.8 Å². The normalized spacial score (nSPS) is 11.3. The molecule has 1 aromatic carbocycles. The molecule has 2 aromatic rings. The molecule has 3 N–H and O–H groups in total. The minimum absolute atomic E-state index is 0.0660. The number of furan rings is 1. The molecule has 2 rings (SSSR count). The Kier molecular flexibility index (Phi) is 9.34. The molecule has 0 saturated carbocycles. The molecule has 6 nitrogen and oxygen atoms in total. The van der Waals surface area contributed by atoms with Gasteiger partial charge < -0.3 is 20.4 Å². The van der Waals surface area contributed by atoms with Crippen LogP contribution in [0.3, 0.4) is 0 Å². The Bertz CT molecular complexity index is 717. The zero-order chi connectivity index (χ0) is 19.3. The molecule has 1 heterocycles. The topological polar surface area (TPSA) is 78.7 Å². The van der Waals surface area contributed by atoms with Gasteiger partial charge in [-0.2, -0.15) is 11.8 Å². The number of benzene rings is 1. The Morgan fingerprint density at radius 1 is 1.15 bits per heavy atom. The summed E-state index contributed by atoms with van der Waals surface area (Å²) in [6.45, 7) is 2.26. The Balaban J connectivity index is 1.83. The average molecular weight is 389 g/mol. The Hall–Kier alpha value is -2.41. The van der Waals surface area contributed by atoms with Crippen LogP contribution in [0.2, 0.25) is 0 Å². The van der Waals surface area contributed by atoms with E-state index in [0.717, 1.165) is 55.5 Å². The molecule has 1 amide bonds. The van der Waals surface area contributed by atoms with Gasteiger partial charge in [0.25, 0.3) is 5.91 Å². The number of hydrogen-bond acceptors (Lipinski definition) is 4. The largest absolute Gasteiger partial charge is 0.469 e. The van der Waals surface area contributed by atoms with Gasteiger partial charge in [-0.15, -0.1) is 0 Å². The number of nitrogens with one attached hydrogen (secondary N) is 3. The Morgan fingerprint density at radius 2 is 1.96 bits per heavy atom. The van der Waals surface area contributed by atoms with Gasteiger partial charge in [0.2, 0.25) is 0 Å². The SMILES string of the molecule is CNC(=O)c1cccc(CCNC(=NCCSC)NCCc2ccco2)c1. The van der Waals surface area contributed by atoms with E-state index >= 15 is 0 Å². The Labute approximate surface area is 165 Å². The first-order chi connectivity index (χ1) is 13.2. The van der Waals surface area contributed by atoms with Crippen LogP contribution in [0.15, 0.2) is 52.1 Å². The molecule has 0 unspecified atom stereocenters. The summed E-state index contributed by atoms with van der Waals surface area (Å²) in [5, 5.41) is 9.37. The first-order valence-electron chi connectivity index (χ1n) is 9.07. The van der Waals surface area contributed by atoms with Crippen molar-refractivity contribution in [2.45, 2.75) is 12.8 Å².